The van der Waals surface area contributed by atoms with Crippen molar-refractivity contribution in [3.63, 3.8) is 0 Å². The summed E-state index contributed by atoms with van der Waals surface area (Å²) in [6, 6.07) is 4.58. The number of methoxy groups -OCH3 is 1. The molecule has 18 heavy (non-hydrogen) atoms. The molecule has 1 aliphatic heterocycles. The summed E-state index contributed by atoms with van der Waals surface area (Å²) in [4.78, 5) is 13.9. The van der Waals surface area contributed by atoms with Crippen molar-refractivity contribution in [2.75, 3.05) is 20.2 Å². The molecule has 1 saturated heterocycles. The van der Waals surface area contributed by atoms with Gasteiger partial charge in [-0.3, -0.25) is 4.79 Å². The van der Waals surface area contributed by atoms with E-state index in [-0.39, 0.29) is 23.3 Å². The van der Waals surface area contributed by atoms with Crippen LogP contribution in [0.5, 0.6) is 11.5 Å². The normalized spacial score (nSPS) is 16.7. The van der Waals surface area contributed by atoms with Gasteiger partial charge in [0.15, 0.2) is 0 Å². The van der Waals surface area contributed by atoms with Crippen molar-refractivity contribution in [1.82, 2.24) is 4.90 Å². The Labute approximate surface area is 106 Å². The third-order valence-corrected chi connectivity index (χ3v) is 3.19. The number of benzene rings is 1. The molecule has 5 nitrogen and oxygen atoms in total. The van der Waals surface area contributed by atoms with Crippen LogP contribution in [0.1, 0.15) is 23.2 Å². The smallest absolute Gasteiger partial charge is 0.257 e. The van der Waals surface area contributed by atoms with Gasteiger partial charge in [0.05, 0.1) is 18.8 Å². The van der Waals surface area contributed by atoms with Gasteiger partial charge in [-0.1, -0.05) is 0 Å². The lowest BCUT2D eigenvalue weighted by molar-refractivity contribution is 0.0544. The fraction of sp³-hybridized carbons (Fsp3) is 0.462. The molecule has 1 fully saturated rings. The molecule has 1 aromatic rings. The van der Waals surface area contributed by atoms with E-state index in [2.05, 4.69) is 0 Å². The second kappa shape index (κ2) is 5.27. The number of phenols is 1. The lowest BCUT2D eigenvalue weighted by atomic mass is 10.1. The molecule has 1 aliphatic rings. The van der Waals surface area contributed by atoms with Gasteiger partial charge in [0, 0.05) is 13.1 Å². The SMILES string of the molecule is COc1ccc(O)c(C(=O)N2CCC(O)CC2)c1. The van der Waals surface area contributed by atoms with Crippen LogP contribution in [0.2, 0.25) is 0 Å². The van der Waals surface area contributed by atoms with Crippen LogP contribution in [0.4, 0.5) is 0 Å². The maximum absolute atomic E-state index is 12.2. The highest BCUT2D eigenvalue weighted by atomic mass is 16.5. The van der Waals surface area contributed by atoms with Crippen LogP contribution in [0, 0.1) is 0 Å². The fourth-order valence-corrected chi connectivity index (χ4v) is 2.05. The quantitative estimate of drug-likeness (QED) is 0.822. The Kier molecular flexibility index (Phi) is 3.72. The predicted molar refractivity (Wildman–Crippen MR) is 65.8 cm³/mol. The first-order chi connectivity index (χ1) is 8.61. The van der Waals surface area contributed by atoms with E-state index >= 15 is 0 Å². The molecule has 1 amide bonds. The van der Waals surface area contributed by atoms with E-state index in [1.54, 1.807) is 11.0 Å². The molecule has 0 aromatic heterocycles. The number of carbonyl (C=O) groups excluding carboxylic acids is 1. The number of ether oxygens (including phenoxy) is 1. The van der Waals surface area contributed by atoms with Crippen LogP contribution in [0.25, 0.3) is 0 Å². The molecule has 0 spiro atoms. The summed E-state index contributed by atoms with van der Waals surface area (Å²) >= 11 is 0. The van der Waals surface area contributed by atoms with Crippen molar-refractivity contribution in [2.45, 2.75) is 18.9 Å². The van der Waals surface area contributed by atoms with Crippen LogP contribution < -0.4 is 4.74 Å². The van der Waals surface area contributed by atoms with Crippen LogP contribution in [-0.4, -0.2) is 47.3 Å². The van der Waals surface area contributed by atoms with Crippen molar-refractivity contribution in [3.05, 3.63) is 23.8 Å². The Morgan fingerprint density at radius 2 is 2.06 bits per heavy atom. The first-order valence-electron chi connectivity index (χ1n) is 5.96. The standard InChI is InChI=1S/C13H17NO4/c1-18-10-2-3-12(16)11(8-10)13(17)14-6-4-9(15)5-7-14/h2-3,8-9,15-16H,4-7H2,1H3. The zero-order valence-electron chi connectivity index (χ0n) is 10.3. The largest absolute Gasteiger partial charge is 0.507 e. The van der Waals surface area contributed by atoms with Gasteiger partial charge in [0.25, 0.3) is 5.91 Å². The summed E-state index contributed by atoms with van der Waals surface area (Å²) in [5.41, 5.74) is 0.241. The number of nitrogens with zero attached hydrogens (tertiary/aromatic N) is 1. The van der Waals surface area contributed by atoms with Gasteiger partial charge in [0.2, 0.25) is 0 Å². The number of aliphatic hydroxyl groups is 1. The minimum atomic E-state index is -0.326. The fourth-order valence-electron chi connectivity index (χ4n) is 2.05. The van der Waals surface area contributed by atoms with Gasteiger partial charge in [-0.05, 0) is 31.0 Å². The van der Waals surface area contributed by atoms with E-state index < -0.39 is 0 Å². The summed E-state index contributed by atoms with van der Waals surface area (Å²) in [5.74, 6) is 0.262. The van der Waals surface area contributed by atoms with Crippen molar-refractivity contribution >= 4 is 5.91 Å². The van der Waals surface area contributed by atoms with Gasteiger partial charge >= 0.3 is 0 Å². The first-order valence-corrected chi connectivity index (χ1v) is 5.96. The molecular weight excluding hydrogens is 234 g/mol. The average Bonchev–Trinajstić information content (AvgIpc) is 2.39. The Morgan fingerprint density at radius 3 is 2.67 bits per heavy atom. The molecular formula is C13H17NO4. The molecule has 0 unspecified atom stereocenters. The van der Waals surface area contributed by atoms with Crippen molar-refractivity contribution in [3.8, 4) is 11.5 Å². The maximum atomic E-state index is 12.2. The van der Waals surface area contributed by atoms with E-state index in [9.17, 15) is 15.0 Å². The highest BCUT2D eigenvalue weighted by Gasteiger charge is 2.24. The number of piperidine rings is 1. The molecule has 0 radical (unpaired) electrons. The lowest BCUT2D eigenvalue weighted by Crippen LogP contribution is -2.40. The average molecular weight is 251 g/mol. The lowest BCUT2D eigenvalue weighted by Gasteiger charge is -2.29. The minimum Gasteiger partial charge on any atom is -0.507 e. The summed E-state index contributed by atoms with van der Waals surface area (Å²) in [5, 5.41) is 19.1. The summed E-state index contributed by atoms with van der Waals surface area (Å²) < 4.78 is 5.04. The molecule has 98 valence electrons. The number of hydrogen-bond donors (Lipinski definition) is 2. The second-order valence-electron chi connectivity index (χ2n) is 4.41. The number of aliphatic hydroxyl groups excluding tert-OH is 1. The van der Waals surface area contributed by atoms with Gasteiger partial charge < -0.3 is 19.8 Å². The Balaban J connectivity index is 2.17. The predicted octanol–water partition coefficient (Wildman–Crippen LogP) is 0.998. The third kappa shape index (κ3) is 2.56. The Hall–Kier alpha value is -1.75. The Morgan fingerprint density at radius 1 is 1.39 bits per heavy atom. The zero-order chi connectivity index (χ0) is 13.1. The molecule has 5 heteroatoms. The molecule has 2 N–H and O–H groups in total. The highest BCUT2D eigenvalue weighted by Crippen LogP contribution is 2.25. The molecule has 0 saturated carbocycles. The first kappa shape index (κ1) is 12.7. The molecule has 2 rings (SSSR count). The highest BCUT2D eigenvalue weighted by molar-refractivity contribution is 5.97. The van der Waals surface area contributed by atoms with Crippen LogP contribution in [0.15, 0.2) is 18.2 Å². The monoisotopic (exact) mass is 251 g/mol. The van der Waals surface area contributed by atoms with Crippen LogP contribution >= 0.6 is 0 Å². The Bertz CT molecular complexity index is 439. The van der Waals surface area contributed by atoms with Crippen LogP contribution in [0.3, 0.4) is 0 Å². The second-order valence-corrected chi connectivity index (χ2v) is 4.41. The number of hydrogen-bond acceptors (Lipinski definition) is 4. The van der Waals surface area contributed by atoms with Crippen molar-refractivity contribution < 1.29 is 19.7 Å². The van der Waals surface area contributed by atoms with E-state index in [1.165, 1.54) is 19.2 Å². The molecule has 0 atom stereocenters. The minimum absolute atomic E-state index is 0.0491. The molecule has 1 heterocycles. The van der Waals surface area contributed by atoms with E-state index in [4.69, 9.17) is 4.74 Å². The molecule has 0 bridgehead atoms. The van der Waals surface area contributed by atoms with Crippen molar-refractivity contribution in [1.29, 1.82) is 0 Å². The maximum Gasteiger partial charge on any atom is 0.257 e. The third-order valence-electron chi connectivity index (χ3n) is 3.19. The van der Waals surface area contributed by atoms with Gasteiger partial charge in [-0.25, -0.2) is 0 Å². The van der Waals surface area contributed by atoms with E-state index in [1.807, 2.05) is 0 Å². The molecule has 1 aromatic carbocycles. The summed E-state index contributed by atoms with van der Waals surface area (Å²) in [6.45, 7) is 1.02. The van der Waals surface area contributed by atoms with Gasteiger partial charge in [0.1, 0.15) is 11.5 Å². The van der Waals surface area contributed by atoms with Crippen molar-refractivity contribution in [2.24, 2.45) is 0 Å². The number of carbonyl (C=O) groups is 1. The summed E-state index contributed by atoms with van der Waals surface area (Å²) in [6.07, 6.45) is 0.834. The topological polar surface area (TPSA) is 70.0 Å². The van der Waals surface area contributed by atoms with E-state index in [0.717, 1.165) is 0 Å². The molecule has 0 aliphatic carbocycles. The number of likely N-dealkylation sites (tertiary alicyclic amines) is 1. The number of aromatic hydroxyl groups is 1. The number of amides is 1. The zero-order valence-corrected chi connectivity index (χ0v) is 10.3. The van der Waals surface area contributed by atoms with Gasteiger partial charge in [-0.2, -0.15) is 0 Å². The number of rotatable bonds is 2. The number of phenolic OH excluding ortho intramolecular Hbond substituents is 1. The van der Waals surface area contributed by atoms with Crippen LogP contribution in [-0.2, 0) is 0 Å². The van der Waals surface area contributed by atoms with E-state index in [0.29, 0.717) is 31.7 Å². The summed E-state index contributed by atoms with van der Waals surface area (Å²) in [7, 11) is 1.51. The van der Waals surface area contributed by atoms with Gasteiger partial charge in [-0.15, -0.1) is 0 Å².